The SMILES string of the molecule is CC1(C)CC1Nc1cc(C(F)(F)F)nc(Cl)n1. The summed E-state index contributed by atoms with van der Waals surface area (Å²) in [6, 6.07) is 1.01. The molecule has 7 heteroatoms. The van der Waals surface area contributed by atoms with Gasteiger partial charge in [0, 0.05) is 12.1 Å². The van der Waals surface area contributed by atoms with Gasteiger partial charge >= 0.3 is 6.18 Å². The van der Waals surface area contributed by atoms with Gasteiger partial charge in [0.25, 0.3) is 0 Å². The first-order valence-corrected chi connectivity index (χ1v) is 5.44. The first-order valence-electron chi connectivity index (χ1n) is 5.07. The Morgan fingerprint density at radius 3 is 2.47 bits per heavy atom. The van der Waals surface area contributed by atoms with Crippen molar-refractivity contribution in [1.29, 1.82) is 0 Å². The van der Waals surface area contributed by atoms with E-state index in [4.69, 9.17) is 11.6 Å². The van der Waals surface area contributed by atoms with E-state index in [1.165, 1.54) is 0 Å². The third-order valence-corrected chi connectivity index (χ3v) is 2.99. The second-order valence-electron chi connectivity index (χ2n) is 4.79. The van der Waals surface area contributed by atoms with Crippen LogP contribution in [-0.4, -0.2) is 16.0 Å². The molecule has 1 aliphatic rings. The van der Waals surface area contributed by atoms with E-state index < -0.39 is 17.2 Å². The molecule has 17 heavy (non-hydrogen) atoms. The van der Waals surface area contributed by atoms with Crippen LogP contribution in [-0.2, 0) is 6.18 Å². The molecular weight excluding hydrogens is 255 g/mol. The summed E-state index contributed by atoms with van der Waals surface area (Å²) in [6.45, 7) is 4.05. The summed E-state index contributed by atoms with van der Waals surface area (Å²) in [6.07, 6.45) is -3.61. The highest BCUT2D eigenvalue weighted by Crippen LogP contribution is 2.46. The minimum absolute atomic E-state index is 0.0931. The number of nitrogens with zero attached hydrogens (tertiary/aromatic N) is 2. The third kappa shape index (κ3) is 2.80. The van der Waals surface area contributed by atoms with Gasteiger partial charge in [0.1, 0.15) is 5.82 Å². The topological polar surface area (TPSA) is 37.8 Å². The Bertz CT molecular complexity index is 445. The standard InChI is InChI=1S/C10H11ClF3N3/c1-9(2)4-6(9)15-7-3-5(10(12,13)14)16-8(11)17-7/h3,6H,4H2,1-2H3,(H,15,16,17). The molecule has 0 spiro atoms. The summed E-state index contributed by atoms with van der Waals surface area (Å²) in [4.78, 5) is 6.89. The van der Waals surface area contributed by atoms with Gasteiger partial charge in [-0.15, -0.1) is 0 Å². The van der Waals surface area contributed by atoms with Crippen molar-refractivity contribution in [3.63, 3.8) is 0 Å². The zero-order valence-electron chi connectivity index (χ0n) is 9.27. The Kier molecular flexibility index (Phi) is 2.72. The molecule has 1 saturated carbocycles. The van der Waals surface area contributed by atoms with Gasteiger partial charge in [0.2, 0.25) is 5.28 Å². The van der Waals surface area contributed by atoms with Gasteiger partial charge in [-0.25, -0.2) is 9.97 Å². The molecule has 0 amide bonds. The maximum Gasteiger partial charge on any atom is 0.433 e. The quantitative estimate of drug-likeness (QED) is 0.833. The minimum Gasteiger partial charge on any atom is -0.367 e. The van der Waals surface area contributed by atoms with Crippen molar-refractivity contribution in [1.82, 2.24) is 9.97 Å². The van der Waals surface area contributed by atoms with Crippen LogP contribution in [0.25, 0.3) is 0 Å². The molecule has 0 aromatic carbocycles. The van der Waals surface area contributed by atoms with E-state index in [-0.39, 0.29) is 17.3 Å². The molecule has 3 nitrogen and oxygen atoms in total. The molecule has 0 aliphatic heterocycles. The summed E-state index contributed by atoms with van der Waals surface area (Å²) in [7, 11) is 0. The van der Waals surface area contributed by atoms with Crippen molar-refractivity contribution >= 4 is 17.4 Å². The molecule has 1 aromatic rings. The van der Waals surface area contributed by atoms with Gasteiger partial charge in [-0.05, 0) is 23.4 Å². The lowest BCUT2D eigenvalue weighted by Gasteiger charge is -2.10. The van der Waals surface area contributed by atoms with Crippen LogP contribution in [0.1, 0.15) is 26.0 Å². The molecule has 1 heterocycles. The van der Waals surface area contributed by atoms with E-state index in [0.717, 1.165) is 12.5 Å². The van der Waals surface area contributed by atoms with Crippen LogP contribution < -0.4 is 5.32 Å². The van der Waals surface area contributed by atoms with Crippen LogP contribution in [0.4, 0.5) is 19.0 Å². The van der Waals surface area contributed by atoms with Gasteiger partial charge in [0.05, 0.1) is 0 Å². The Labute approximate surface area is 101 Å². The lowest BCUT2D eigenvalue weighted by Crippen LogP contribution is -2.14. The number of halogens is 4. The predicted octanol–water partition coefficient (Wildman–Crippen LogP) is 3.36. The fourth-order valence-corrected chi connectivity index (χ4v) is 1.71. The third-order valence-electron chi connectivity index (χ3n) is 2.82. The van der Waals surface area contributed by atoms with E-state index in [0.29, 0.717) is 0 Å². The van der Waals surface area contributed by atoms with Gasteiger partial charge in [-0.2, -0.15) is 13.2 Å². The van der Waals surface area contributed by atoms with Gasteiger partial charge in [-0.3, -0.25) is 0 Å². The van der Waals surface area contributed by atoms with Crippen molar-refractivity contribution < 1.29 is 13.2 Å². The summed E-state index contributed by atoms with van der Waals surface area (Å²) >= 11 is 5.47. The number of rotatable bonds is 2. The van der Waals surface area contributed by atoms with E-state index in [2.05, 4.69) is 15.3 Å². The van der Waals surface area contributed by atoms with Crippen molar-refractivity contribution in [2.45, 2.75) is 32.5 Å². The highest BCUT2D eigenvalue weighted by atomic mass is 35.5. The average molecular weight is 266 g/mol. The number of aromatic nitrogens is 2. The van der Waals surface area contributed by atoms with Gasteiger partial charge < -0.3 is 5.32 Å². The second-order valence-corrected chi connectivity index (χ2v) is 5.13. The molecule has 1 N–H and O–H groups in total. The number of hydrogen-bond acceptors (Lipinski definition) is 3. The van der Waals surface area contributed by atoms with E-state index in [1.54, 1.807) is 0 Å². The molecule has 1 aromatic heterocycles. The first kappa shape index (κ1) is 12.4. The van der Waals surface area contributed by atoms with Crippen LogP contribution in [0.2, 0.25) is 5.28 Å². The average Bonchev–Trinajstić information content (AvgIpc) is 2.70. The zero-order valence-corrected chi connectivity index (χ0v) is 10.0. The normalized spacial score (nSPS) is 22.4. The fraction of sp³-hybridized carbons (Fsp3) is 0.600. The number of anilines is 1. The predicted molar refractivity (Wildman–Crippen MR) is 57.9 cm³/mol. The maximum absolute atomic E-state index is 12.5. The molecule has 0 saturated heterocycles. The zero-order chi connectivity index (χ0) is 12.8. The van der Waals surface area contributed by atoms with Gasteiger partial charge in [0.15, 0.2) is 5.69 Å². The molecule has 1 unspecified atom stereocenters. The van der Waals surface area contributed by atoms with Crippen LogP contribution in [0.15, 0.2) is 6.07 Å². The Hall–Kier alpha value is -1.04. The fourth-order valence-electron chi connectivity index (χ4n) is 1.53. The number of alkyl halides is 3. The molecule has 2 rings (SSSR count). The highest BCUT2D eigenvalue weighted by molar-refractivity contribution is 6.28. The molecule has 94 valence electrons. The van der Waals surface area contributed by atoms with E-state index >= 15 is 0 Å². The van der Waals surface area contributed by atoms with Crippen LogP contribution in [0.5, 0.6) is 0 Å². The van der Waals surface area contributed by atoms with Crippen molar-refractivity contribution in [2.24, 2.45) is 5.41 Å². The van der Waals surface area contributed by atoms with Crippen molar-refractivity contribution in [2.75, 3.05) is 5.32 Å². The maximum atomic E-state index is 12.5. The molecule has 1 aliphatic carbocycles. The first-order chi connectivity index (χ1) is 7.68. The molecular formula is C10H11ClF3N3. The molecule has 1 atom stereocenters. The molecule has 0 radical (unpaired) electrons. The van der Waals surface area contributed by atoms with Crippen LogP contribution in [0, 0.1) is 5.41 Å². The van der Waals surface area contributed by atoms with Crippen LogP contribution in [0.3, 0.4) is 0 Å². The lowest BCUT2D eigenvalue weighted by molar-refractivity contribution is -0.141. The summed E-state index contributed by atoms with van der Waals surface area (Å²) in [5.41, 5.74) is -0.936. The van der Waals surface area contributed by atoms with E-state index in [9.17, 15) is 13.2 Å². The molecule has 1 fully saturated rings. The summed E-state index contributed by atoms with van der Waals surface area (Å²) in [5.74, 6) is 0.118. The summed E-state index contributed by atoms with van der Waals surface area (Å²) in [5, 5.41) is 2.52. The highest BCUT2D eigenvalue weighted by Gasteiger charge is 2.46. The van der Waals surface area contributed by atoms with Crippen molar-refractivity contribution in [3.05, 3.63) is 17.0 Å². The monoisotopic (exact) mass is 265 g/mol. The smallest absolute Gasteiger partial charge is 0.367 e. The molecule has 0 bridgehead atoms. The van der Waals surface area contributed by atoms with Crippen LogP contribution >= 0.6 is 11.6 Å². The largest absolute Gasteiger partial charge is 0.433 e. The van der Waals surface area contributed by atoms with Gasteiger partial charge in [-0.1, -0.05) is 13.8 Å². The van der Waals surface area contributed by atoms with E-state index in [1.807, 2.05) is 13.8 Å². The Balaban J connectivity index is 2.21. The lowest BCUT2D eigenvalue weighted by atomic mass is 10.2. The second kappa shape index (κ2) is 3.73. The Morgan fingerprint density at radius 1 is 1.41 bits per heavy atom. The Morgan fingerprint density at radius 2 is 2.00 bits per heavy atom. The summed E-state index contributed by atoms with van der Waals surface area (Å²) < 4.78 is 37.4. The number of hydrogen-bond donors (Lipinski definition) is 1. The minimum atomic E-state index is -4.51. The number of nitrogens with one attached hydrogen (secondary N) is 1. The van der Waals surface area contributed by atoms with Crippen molar-refractivity contribution in [3.8, 4) is 0 Å².